The van der Waals surface area contributed by atoms with E-state index in [9.17, 15) is 0 Å². The summed E-state index contributed by atoms with van der Waals surface area (Å²) in [7, 11) is 1.93. The first-order chi connectivity index (χ1) is 12.4. The fraction of sp³-hybridized carbons (Fsp3) is 0.950. The van der Waals surface area contributed by atoms with Crippen molar-refractivity contribution >= 4 is 5.96 Å². The van der Waals surface area contributed by atoms with Gasteiger partial charge in [-0.1, -0.05) is 12.8 Å². The first-order valence-electron chi connectivity index (χ1n) is 10.8. The lowest BCUT2D eigenvalue weighted by atomic mass is 10.1. The number of aliphatic imine (C=N–C) groups is 1. The molecule has 5 nitrogen and oxygen atoms in total. The highest BCUT2D eigenvalue weighted by molar-refractivity contribution is 5.80. The van der Waals surface area contributed by atoms with E-state index in [1.165, 1.54) is 90.5 Å². The molecule has 0 aromatic rings. The van der Waals surface area contributed by atoms with Gasteiger partial charge in [0.2, 0.25) is 0 Å². The number of unbranched alkanes of at least 4 members (excludes halogenated alkanes) is 2. The van der Waals surface area contributed by atoms with Crippen LogP contribution in [0.2, 0.25) is 0 Å². The minimum Gasteiger partial charge on any atom is -0.356 e. The molecule has 0 amide bonds. The van der Waals surface area contributed by atoms with Gasteiger partial charge in [0.25, 0.3) is 0 Å². The minimum absolute atomic E-state index is 0.755. The van der Waals surface area contributed by atoms with E-state index in [0.717, 1.165) is 31.6 Å². The fourth-order valence-corrected chi connectivity index (χ4v) is 4.69. The Morgan fingerprint density at radius 3 is 2.44 bits per heavy atom. The molecule has 3 fully saturated rings. The molecule has 3 aliphatic heterocycles. The Morgan fingerprint density at radius 1 is 0.920 bits per heavy atom. The third kappa shape index (κ3) is 5.85. The Balaban J connectivity index is 1.26. The number of piperidine rings is 1. The standard InChI is InChI=1S/C20H39N5/c1-21-20(25-17-10-19(18-25)24-15-8-9-16-24)22-11-4-2-5-12-23-13-6-3-7-14-23/h19H,2-18H2,1H3,(H,21,22). The van der Waals surface area contributed by atoms with Gasteiger partial charge in [-0.3, -0.25) is 9.89 Å². The quantitative estimate of drug-likeness (QED) is 0.435. The summed E-state index contributed by atoms with van der Waals surface area (Å²) in [5.74, 6) is 1.12. The summed E-state index contributed by atoms with van der Waals surface area (Å²) in [5.41, 5.74) is 0. The lowest BCUT2D eigenvalue weighted by molar-refractivity contribution is 0.224. The molecule has 144 valence electrons. The summed E-state index contributed by atoms with van der Waals surface area (Å²) in [6, 6.07) is 0.755. The van der Waals surface area contributed by atoms with Crippen molar-refractivity contribution < 1.29 is 0 Å². The van der Waals surface area contributed by atoms with E-state index in [4.69, 9.17) is 0 Å². The summed E-state index contributed by atoms with van der Waals surface area (Å²) in [6.45, 7) is 9.97. The van der Waals surface area contributed by atoms with E-state index >= 15 is 0 Å². The van der Waals surface area contributed by atoms with Crippen LogP contribution in [0.25, 0.3) is 0 Å². The van der Waals surface area contributed by atoms with Gasteiger partial charge in [0.05, 0.1) is 0 Å². The minimum atomic E-state index is 0.755. The Kier molecular flexibility index (Phi) is 7.86. The number of nitrogens with one attached hydrogen (secondary N) is 1. The average molecular weight is 350 g/mol. The first-order valence-corrected chi connectivity index (χ1v) is 10.8. The predicted octanol–water partition coefficient (Wildman–Crippen LogP) is 2.39. The van der Waals surface area contributed by atoms with Crippen LogP contribution in [0, 0.1) is 0 Å². The number of likely N-dealkylation sites (tertiary alicyclic amines) is 3. The maximum atomic E-state index is 4.53. The molecular formula is C20H39N5. The topological polar surface area (TPSA) is 34.1 Å². The molecule has 1 unspecified atom stereocenters. The van der Waals surface area contributed by atoms with Crippen molar-refractivity contribution in [1.29, 1.82) is 0 Å². The summed E-state index contributed by atoms with van der Waals surface area (Å²) >= 11 is 0. The van der Waals surface area contributed by atoms with Crippen LogP contribution in [0.15, 0.2) is 4.99 Å². The molecule has 0 spiro atoms. The van der Waals surface area contributed by atoms with Crippen molar-refractivity contribution in [3.05, 3.63) is 0 Å². The van der Waals surface area contributed by atoms with Gasteiger partial charge in [-0.15, -0.1) is 0 Å². The highest BCUT2D eigenvalue weighted by Gasteiger charge is 2.30. The normalized spacial score (nSPS) is 26.5. The number of rotatable bonds is 7. The van der Waals surface area contributed by atoms with Gasteiger partial charge in [0.15, 0.2) is 5.96 Å². The fourth-order valence-electron chi connectivity index (χ4n) is 4.69. The Labute approximate surface area is 154 Å². The summed E-state index contributed by atoms with van der Waals surface area (Å²) in [6.07, 6.45) is 12.3. The van der Waals surface area contributed by atoms with Gasteiger partial charge in [-0.25, -0.2) is 0 Å². The van der Waals surface area contributed by atoms with Crippen LogP contribution in [0.3, 0.4) is 0 Å². The monoisotopic (exact) mass is 349 g/mol. The van der Waals surface area contributed by atoms with Crippen molar-refractivity contribution in [2.75, 3.05) is 59.4 Å². The highest BCUT2D eigenvalue weighted by Crippen LogP contribution is 2.20. The molecule has 0 saturated carbocycles. The average Bonchev–Trinajstić information content (AvgIpc) is 3.33. The lowest BCUT2D eigenvalue weighted by Gasteiger charge is -2.26. The second-order valence-corrected chi connectivity index (χ2v) is 8.07. The molecule has 3 heterocycles. The van der Waals surface area contributed by atoms with Crippen molar-refractivity contribution in [2.45, 2.75) is 63.8 Å². The van der Waals surface area contributed by atoms with Crippen LogP contribution in [-0.4, -0.2) is 86.1 Å². The SMILES string of the molecule is CN=C(NCCCCCN1CCCCC1)N1CCC(N2CCCC2)C1. The lowest BCUT2D eigenvalue weighted by Crippen LogP contribution is -2.43. The Hall–Kier alpha value is -0.810. The number of nitrogens with zero attached hydrogens (tertiary/aromatic N) is 4. The molecule has 0 aliphatic carbocycles. The van der Waals surface area contributed by atoms with Crippen LogP contribution in [0.5, 0.6) is 0 Å². The van der Waals surface area contributed by atoms with E-state index in [-0.39, 0.29) is 0 Å². The van der Waals surface area contributed by atoms with Crippen LogP contribution in [-0.2, 0) is 0 Å². The molecular weight excluding hydrogens is 310 g/mol. The van der Waals surface area contributed by atoms with Crippen LogP contribution < -0.4 is 5.32 Å². The molecule has 5 heteroatoms. The van der Waals surface area contributed by atoms with Gasteiger partial charge in [-0.2, -0.15) is 0 Å². The number of guanidine groups is 1. The molecule has 1 atom stereocenters. The van der Waals surface area contributed by atoms with Crippen LogP contribution in [0.1, 0.15) is 57.8 Å². The molecule has 25 heavy (non-hydrogen) atoms. The molecule has 3 saturated heterocycles. The molecule has 0 radical (unpaired) electrons. The van der Waals surface area contributed by atoms with E-state index < -0.39 is 0 Å². The zero-order valence-corrected chi connectivity index (χ0v) is 16.4. The van der Waals surface area contributed by atoms with Crippen molar-refractivity contribution in [3.8, 4) is 0 Å². The smallest absolute Gasteiger partial charge is 0.193 e. The Bertz CT molecular complexity index is 399. The molecule has 0 aromatic carbocycles. The zero-order valence-electron chi connectivity index (χ0n) is 16.4. The van der Waals surface area contributed by atoms with Gasteiger partial charge < -0.3 is 15.1 Å². The van der Waals surface area contributed by atoms with E-state index in [1.807, 2.05) is 7.05 Å². The zero-order chi connectivity index (χ0) is 17.3. The van der Waals surface area contributed by atoms with Gasteiger partial charge in [0, 0.05) is 32.7 Å². The molecule has 3 rings (SSSR count). The second-order valence-electron chi connectivity index (χ2n) is 8.07. The predicted molar refractivity (Wildman–Crippen MR) is 106 cm³/mol. The molecule has 1 N–H and O–H groups in total. The Morgan fingerprint density at radius 2 is 1.68 bits per heavy atom. The number of hydrogen-bond acceptors (Lipinski definition) is 3. The maximum absolute atomic E-state index is 4.53. The highest BCUT2D eigenvalue weighted by atomic mass is 15.3. The van der Waals surface area contributed by atoms with Gasteiger partial charge in [-0.05, 0) is 77.7 Å². The van der Waals surface area contributed by atoms with Crippen molar-refractivity contribution in [2.24, 2.45) is 4.99 Å². The van der Waals surface area contributed by atoms with Crippen LogP contribution in [0.4, 0.5) is 0 Å². The van der Waals surface area contributed by atoms with E-state index in [1.54, 1.807) is 0 Å². The second kappa shape index (κ2) is 10.4. The summed E-state index contributed by atoms with van der Waals surface area (Å²) in [4.78, 5) is 12.3. The van der Waals surface area contributed by atoms with Crippen LogP contribution >= 0.6 is 0 Å². The van der Waals surface area contributed by atoms with Crippen molar-refractivity contribution in [3.63, 3.8) is 0 Å². The molecule has 0 aromatic heterocycles. The first kappa shape index (κ1) is 19.0. The third-order valence-electron chi connectivity index (χ3n) is 6.21. The molecule has 3 aliphatic rings. The van der Waals surface area contributed by atoms with E-state index in [0.29, 0.717) is 0 Å². The largest absolute Gasteiger partial charge is 0.356 e. The number of hydrogen-bond donors (Lipinski definition) is 1. The maximum Gasteiger partial charge on any atom is 0.193 e. The van der Waals surface area contributed by atoms with Gasteiger partial charge >= 0.3 is 0 Å². The van der Waals surface area contributed by atoms with Gasteiger partial charge in [0.1, 0.15) is 0 Å². The summed E-state index contributed by atoms with van der Waals surface area (Å²) < 4.78 is 0. The van der Waals surface area contributed by atoms with E-state index in [2.05, 4.69) is 25.0 Å². The van der Waals surface area contributed by atoms with Crippen molar-refractivity contribution in [1.82, 2.24) is 20.0 Å². The molecule has 0 bridgehead atoms. The third-order valence-corrected chi connectivity index (χ3v) is 6.21. The summed E-state index contributed by atoms with van der Waals surface area (Å²) in [5, 5.41) is 3.60.